The molecule has 0 atom stereocenters. The van der Waals surface area contributed by atoms with Crippen molar-refractivity contribution in [3.8, 4) is 0 Å². The normalized spacial score (nSPS) is 9.56. The Hall–Kier alpha value is -0.220. The number of aryl methyl sites for hydroxylation is 1. The van der Waals surface area contributed by atoms with Gasteiger partial charge in [-0.25, -0.2) is 0 Å². The van der Waals surface area contributed by atoms with Crippen molar-refractivity contribution in [2.45, 2.75) is 6.92 Å². The molecular formula is C5H4BrNOS. The number of rotatable bonds is 1. The van der Waals surface area contributed by atoms with E-state index in [9.17, 15) is 4.79 Å². The number of hydrogen-bond donors (Lipinski definition) is 0. The summed E-state index contributed by atoms with van der Waals surface area (Å²) in [6.07, 6.45) is 0.800. The van der Waals surface area contributed by atoms with Gasteiger partial charge in [-0.15, -0.1) is 0 Å². The molecule has 0 saturated carbocycles. The molecule has 0 saturated heterocycles. The average molecular weight is 206 g/mol. The Kier molecular flexibility index (Phi) is 1.97. The minimum atomic E-state index is 0.660. The van der Waals surface area contributed by atoms with Crippen molar-refractivity contribution in [1.82, 2.24) is 4.37 Å². The molecule has 0 N–H and O–H groups in total. The Labute approximate surface area is 65.2 Å². The second kappa shape index (κ2) is 2.58. The lowest BCUT2D eigenvalue weighted by Crippen LogP contribution is -1.72. The quantitative estimate of drug-likeness (QED) is 0.658. The van der Waals surface area contributed by atoms with Crippen LogP contribution in [0.3, 0.4) is 0 Å². The number of nitrogens with zero attached hydrogens (tertiary/aromatic N) is 1. The molecule has 0 amide bonds. The van der Waals surface area contributed by atoms with E-state index in [1.807, 2.05) is 6.92 Å². The zero-order valence-electron chi connectivity index (χ0n) is 4.72. The number of aromatic nitrogens is 1. The maximum Gasteiger partial charge on any atom is 0.162 e. The molecule has 0 aliphatic heterocycles. The van der Waals surface area contributed by atoms with Gasteiger partial charge in [0.1, 0.15) is 4.88 Å². The molecule has 0 aromatic carbocycles. The van der Waals surface area contributed by atoms with Gasteiger partial charge in [-0.1, -0.05) is 0 Å². The average Bonchev–Trinajstić information content (AvgIpc) is 2.15. The third kappa shape index (κ3) is 1.19. The highest BCUT2D eigenvalue weighted by molar-refractivity contribution is 9.10. The van der Waals surface area contributed by atoms with E-state index in [1.54, 1.807) is 0 Å². The Morgan fingerprint density at radius 2 is 2.44 bits per heavy atom. The van der Waals surface area contributed by atoms with Crippen LogP contribution in [0.15, 0.2) is 4.47 Å². The second-order valence-corrected chi connectivity index (χ2v) is 3.16. The summed E-state index contributed by atoms with van der Waals surface area (Å²) in [5, 5.41) is 0. The fraction of sp³-hybridized carbons (Fsp3) is 0.200. The summed E-state index contributed by atoms with van der Waals surface area (Å²) >= 11 is 4.44. The smallest absolute Gasteiger partial charge is 0.162 e. The summed E-state index contributed by atoms with van der Waals surface area (Å²) in [6.45, 7) is 1.85. The van der Waals surface area contributed by atoms with Crippen molar-refractivity contribution >= 4 is 33.7 Å². The molecule has 0 bridgehead atoms. The van der Waals surface area contributed by atoms with Crippen molar-refractivity contribution in [3.63, 3.8) is 0 Å². The van der Waals surface area contributed by atoms with Gasteiger partial charge in [-0.05, 0) is 34.4 Å². The van der Waals surface area contributed by atoms with Gasteiger partial charge in [0.15, 0.2) is 6.29 Å². The molecule has 1 rings (SSSR count). The van der Waals surface area contributed by atoms with Gasteiger partial charge in [-0.3, -0.25) is 4.79 Å². The molecule has 48 valence electrons. The van der Waals surface area contributed by atoms with Crippen LogP contribution >= 0.6 is 27.5 Å². The van der Waals surface area contributed by atoms with Crippen molar-refractivity contribution < 1.29 is 4.79 Å². The molecule has 1 heterocycles. The molecule has 2 nitrogen and oxygen atoms in total. The summed E-state index contributed by atoms with van der Waals surface area (Å²) in [6, 6.07) is 0. The van der Waals surface area contributed by atoms with Crippen LogP contribution in [0.1, 0.15) is 15.4 Å². The largest absolute Gasteiger partial charge is 0.297 e. The van der Waals surface area contributed by atoms with Crippen molar-refractivity contribution in [2.24, 2.45) is 0 Å². The van der Waals surface area contributed by atoms with E-state index in [0.29, 0.717) is 4.88 Å². The van der Waals surface area contributed by atoms with Gasteiger partial charge in [0.2, 0.25) is 0 Å². The lowest BCUT2D eigenvalue weighted by Gasteiger charge is -1.80. The van der Waals surface area contributed by atoms with E-state index in [1.165, 1.54) is 11.5 Å². The molecule has 0 fully saturated rings. The molecule has 1 aromatic heterocycles. The summed E-state index contributed by atoms with van der Waals surface area (Å²) in [4.78, 5) is 10.8. The standard InChI is InChI=1S/C5H4BrNOS/c1-3-5(6)4(2-8)9-7-3/h2H,1H3. The lowest BCUT2D eigenvalue weighted by molar-refractivity contribution is 0.112. The number of halogens is 1. The Bertz CT molecular complexity index is 233. The van der Waals surface area contributed by atoms with Crippen LogP contribution in [0.5, 0.6) is 0 Å². The predicted octanol–water partition coefficient (Wildman–Crippen LogP) is 2.03. The van der Waals surface area contributed by atoms with Gasteiger partial charge >= 0.3 is 0 Å². The number of hydrogen-bond acceptors (Lipinski definition) is 3. The third-order valence-electron chi connectivity index (χ3n) is 0.922. The fourth-order valence-corrected chi connectivity index (χ4v) is 1.56. The fourth-order valence-electron chi connectivity index (χ4n) is 0.449. The van der Waals surface area contributed by atoms with Gasteiger partial charge in [0.05, 0.1) is 10.2 Å². The van der Waals surface area contributed by atoms with Crippen LogP contribution in [-0.4, -0.2) is 10.7 Å². The zero-order valence-corrected chi connectivity index (χ0v) is 7.12. The molecule has 0 spiro atoms. The summed E-state index contributed by atoms with van der Waals surface area (Å²) in [5.74, 6) is 0. The van der Waals surface area contributed by atoms with Crippen LogP contribution in [0.4, 0.5) is 0 Å². The van der Waals surface area contributed by atoms with Crippen LogP contribution in [0.25, 0.3) is 0 Å². The van der Waals surface area contributed by atoms with E-state index in [-0.39, 0.29) is 0 Å². The maximum atomic E-state index is 10.2. The Morgan fingerprint density at radius 3 is 2.67 bits per heavy atom. The lowest BCUT2D eigenvalue weighted by atomic mass is 10.4. The zero-order chi connectivity index (χ0) is 6.85. The maximum absolute atomic E-state index is 10.2. The molecular weight excluding hydrogens is 202 g/mol. The van der Waals surface area contributed by atoms with Gasteiger partial charge in [0.25, 0.3) is 0 Å². The Balaban J connectivity index is 3.18. The first-order valence-electron chi connectivity index (χ1n) is 2.32. The topological polar surface area (TPSA) is 30.0 Å². The molecule has 0 aliphatic carbocycles. The van der Waals surface area contributed by atoms with Crippen molar-refractivity contribution in [3.05, 3.63) is 15.0 Å². The van der Waals surface area contributed by atoms with Crippen molar-refractivity contribution in [2.75, 3.05) is 0 Å². The number of aldehydes is 1. The molecule has 1 aromatic rings. The predicted molar refractivity (Wildman–Crippen MR) is 39.9 cm³/mol. The first-order chi connectivity index (χ1) is 4.25. The van der Waals surface area contributed by atoms with Crippen molar-refractivity contribution in [1.29, 1.82) is 0 Å². The van der Waals surface area contributed by atoms with Crippen LogP contribution in [-0.2, 0) is 0 Å². The first kappa shape index (κ1) is 6.89. The minimum Gasteiger partial charge on any atom is -0.297 e. The van der Waals surface area contributed by atoms with Crippen LogP contribution in [0.2, 0.25) is 0 Å². The minimum absolute atomic E-state index is 0.660. The highest BCUT2D eigenvalue weighted by Crippen LogP contribution is 2.22. The van der Waals surface area contributed by atoms with E-state index < -0.39 is 0 Å². The van der Waals surface area contributed by atoms with Gasteiger partial charge in [-0.2, -0.15) is 4.37 Å². The monoisotopic (exact) mass is 205 g/mol. The SMILES string of the molecule is Cc1nsc(C=O)c1Br. The summed E-state index contributed by atoms with van der Waals surface area (Å²) in [7, 11) is 0. The molecule has 9 heavy (non-hydrogen) atoms. The van der Waals surface area contributed by atoms with E-state index in [4.69, 9.17) is 0 Å². The van der Waals surface area contributed by atoms with E-state index in [2.05, 4.69) is 20.3 Å². The Morgan fingerprint density at radius 1 is 1.78 bits per heavy atom. The molecule has 0 radical (unpaired) electrons. The summed E-state index contributed by atoms with van der Waals surface area (Å²) < 4.78 is 4.77. The first-order valence-corrected chi connectivity index (χ1v) is 3.89. The van der Waals surface area contributed by atoms with E-state index >= 15 is 0 Å². The van der Waals surface area contributed by atoms with Gasteiger partial charge in [0, 0.05) is 0 Å². The van der Waals surface area contributed by atoms with Crippen LogP contribution < -0.4 is 0 Å². The molecule has 0 unspecified atom stereocenters. The third-order valence-corrected chi connectivity index (χ3v) is 3.05. The molecule has 0 aliphatic rings. The summed E-state index contributed by atoms with van der Waals surface area (Å²) in [5.41, 5.74) is 0.877. The number of carbonyl (C=O) groups excluding carboxylic acids is 1. The van der Waals surface area contributed by atoms with Crippen LogP contribution in [0, 0.1) is 6.92 Å². The highest BCUT2D eigenvalue weighted by Gasteiger charge is 2.04. The molecule has 4 heteroatoms. The number of carbonyl (C=O) groups is 1. The highest BCUT2D eigenvalue weighted by atomic mass is 79.9. The van der Waals surface area contributed by atoms with E-state index in [0.717, 1.165) is 16.5 Å². The van der Waals surface area contributed by atoms with Gasteiger partial charge < -0.3 is 0 Å². The second-order valence-electron chi connectivity index (χ2n) is 1.56.